The lowest BCUT2D eigenvalue weighted by atomic mass is 10.0. The van der Waals surface area contributed by atoms with Gasteiger partial charge in [0.2, 0.25) is 0 Å². The van der Waals surface area contributed by atoms with E-state index in [9.17, 15) is 0 Å². The van der Waals surface area contributed by atoms with Crippen LogP contribution in [0.15, 0.2) is 35.3 Å². The maximum absolute atomic E-state index is 4.38. The van der Waals surface area contributed by atoms with Crippen molar-refractivity contribution in [3.63, 3.8) is 0 Å². The van der Waals surface area contributed by atoms with Gasteiger partial charge in [0.05, 0.1) is 0 Å². The Balaban J connectivity index is 0.00000338. The van der Waals surface area contributed by atoms with Crippen LogP contribution in [0, 0.1) is 0 Å². The average Bonchev–Trinajstić information content (AvgIpc) is 2.66. The minimum atomic E-state index is 0. The minimum absolute atomic E-state index is 0. The number of rotatable bonds is 8. The highest BCUT2D eigenvalue weighted by molar-refractivity contribution is 14.0. The topological polar surface area (TPSA) is 42.9 Å². The van der Waals surface area contributed by atoms with Gasteiger partial charge >= 0.3 is 0 Å². The molecule has 0 aromatic heterocycles. The van der Waals surface area contributed by atoms with Gasteiger partial charge in [-0.05, 0) is 31.5 Å². The van der Waals surface area contributed by atoms with Crippen molar-refractivity contribution in [3.8, 4) is 0 Å². The molecule has 0 radical (unpaired) electrons. The Labute approximate surface area is 176 Å². The van der Waals surface area contributed by atoms with Crippen LogP contribution in [0.4, 0.5) is 0 Å². The third kappa shape index (κ3) is 8.22. The van der Waals surface area contributed by atoms with Gasteiger partial charge in [0.15, 0.2) is 5.96 Å². The molecule has 0 amide bonds. The molecule has 148 valence electrons. The van der Waals surface area contributed by atoms with Gasteiger partial charge in [0.25, 0.3) is 0 Å². The molecule has 1 saturated heterocycles. The zero-order valence-electron chi connectivity index (χ0n) is 16.6. The second-order valence-corrected chi connectivity index (χ2v) is 6.71. The number of benzene rings is 1. The fourth-order valence-electron chi connectivity index (χ4n) is 3.34. The van der Waals surface area contributed by atoms with Crippen molar-refractivity contribution >= 4 is 29.9 Å². The van der Waals surface area contributed by atoms with E-state index in [1.807, 2.05) is 7.05 Å². The molecular formula is C20H36IN5. The summed E-state index contributed by atoms with van der Waals surface area (Å²) < 4.78 is 0. The van der Waals surface area contributed by atoms with Crippen LogP contribution in [-0.2, 0) is 6.54 Å². The normalized spacial score (nSPS) is 16.4. The number of piperidine rings is 1. The van der Waals surface area contributed by atoms with E-state index in [0.717, 1.165) is 51.8 Å². The SMILES string of the molecule is CCN(CC)CCNC(=NC)NC1CCN(Cc2ccccc2)CC1.I. The smallest absolute Gasteiger partial charge is 0.191 e. The summed E-state index contributed by atoms with van der Waals surface area (Å²) in [5.74, 6) is 0.939. The summed E-state index contributed by atoms with van der Waals surface area (Å²) in [6, 6.07) is 11.3. The summed E-state index contributed by atoms with van der Waals surface area (Å²) in [5, 5.41) is 7.04. The van der Waals surface area contributed by atoms with Gasteiger partial charge in [-0.3, -0.25) is 9.89 Å². The highest BCUT2D eigenvalue weighted by Crippen LogP contribution is 2.13. The molecule has 2 N–H and O–H groups in total. The zero-order valence-corrected chi connectivity index (χ0v) is 18.9. The molecule has 2 rings (SSSR count). The van der Waals surface area contributed by atoms with Crippen LogP contribution in [0.1, 0.15) is 32.3 Å². The predicted octanol–water partition coefficient (Wildman–Crippen LogP) is 2.78. The third-order valence-electron chi connectivity index (χ3n) is 5.02. The first kappa shape index (κ1) is 23.2. The highest BCUT2D eigenvalue weighted by atomic mass is 127. The number of likely N-dealkylation sites (N-methyl/N-ethyl adjacent to an activating group) is 1. The second kappa shape index (κ2) is 13.3. The van der Waals surface area contributed by atoms with E-state index in [1.165, 1.54) is 18.4 Å². The number of halogens is 1. The van der Waals surface area contributed by atoms with Gasteiger partial charge < -0.3 is 15.5 Å². The molecule has 0 unspecified atom stereocenters. The standard InChI is InChI=1S/C20H35N5.HI/c1-4-24(5-2)16-13-22-20(21-3)23-19-11-14-25(15-12-19)17-18-9-7-6-8-10-18;/h6-10,19H,4-5,11-17H2,1-3H3,(H2,21,22,23);1H. The minimum Gasteiger partial charge on any atom is -0.355 e. The van der Waals surface area contributed by atoms with E-state index >= 15 is 0 Å². The van der Waals surface area contributed by atoms with Crippen LogP contribution in [0.25, 0.3) is 0 Å². The van der Waals surface area contributed by atoms with Crippen LogP contribution in [0.2, 0.25) is 0 Å². The molecule has 1 fully saturated rings. The third-order valence-corrected chi connectivity index (χ3v) is 5.02. The number of nitrogens with one attached hydrogen (secondary N) is 2. The Morgan fingerprint density at radius 1 is 1.15 bits per heavy atom. The lowest BCUT2D eigenvalue weighted by Crippen LogP contribution is -2.49. The van der Waals surface area contributed by atoms with E-state index in [-0.39, 0.29) is 24.0 Å². The Morgan fingerprint density at radius 3 is 2.38 bits per heavy atom. The molecule has 1 aromatic carbocycles. The summed E-state index contributed by atoms with van der Waals surface area (Å²) in [4.78, 5) is 9.34. The molecule has 0 spiro atoms. The van der Waals surface area contributed by atoms with E-state index in [0.29, 0.717) is 6.04 Å². The number of hydrogen-bond acceptors (Lipinski definition) is 3. The van der Waals surface area contributed by atoms with Gasteiger partial charge in [-0.25, -0.2) is 0 Å². The van der Waals surface area contributed by atoms with E-state index in [1.54, 1.807) is 0 Å². The average molecular weight is 473 g/mol. The summed E-state index contributed by atoms with van der Waals surface area (Å²) in [6.07, 6.45) is 2.34. The molecule has 26 heavy (non-hydrogen) atoms. The van der Waals surface area contributed by atoms with Crippen molar-refractivity contribution in [1.29, 1.82) is 0 Å². The first-order valence-corrected chi connectivity index (χ1v) is 9.71. The van der Waals surface area contributed by atoms with Crippen molar-refractivity contribution < 1.29 is 0 Å². The van der Waals surface area contributed by atoms with Gasteiger partial charge in [-0.1, -0.05) is 44.2 Å². The van der Waals surface area contributed by atoms with Crippen LogP contribution < -0.4 is 10.6 Å². The molecule has 0 saturated carbocycles. The first-order chi connectivity index (χ1) is 12.2. The summed E-state index contributed by atoms with van der Waals surface area (Å²) >= 11 is 0. The molecule has 1 aliphatic rings. The highest BCUT2D eigenvalue weighted by Gasteiger charge is 2.19. The summed E-state index contributed by atoms with van der Waals surface area (Å²) in [7, 11) is 1.86. The number of hydrogen-bond donors (Lipinski definition) is 2. The maximum atomic E-state index is 4.38. The lowest BCUT2D eigenvalue weighted by Gasteiger charge is -2.33. The number of guanidine groups is 1. The van der Waals surface area contributed by atoms with Crippen LogP contribution in [0.5, 0.6) is 0 Å². The lowest BCUT2D eigenvalue weighted by molar-refractivity contribution is 0.198. The number of likely N-dealkylation sites (tertiary alicyclic amines) is 1. The summed E-state index contributed by atoms with van der Waals surface area (Å²) in [5.41, 5.74) is 1.41. The molecule has 1 heterocycles. The molecule has 1 aliphatic heterocycles. The number of aliphatic imine (C=N–C) groups is 1. The monoisotopic (exact) mass is 473 g/mol. The van der Waals surface area contributed by atoms with Crippen LogP contribution >= 0.6 is 24.0 Å². The van der Waals surface area contributed by atoms with Crippen molar-refractivity contribution in [2.75, 3.05) is 46.3 Å². The fraction of sp³-hybridized carbons (Fsp3) is 0.650. The summed E-state index contributed by atoms with van der Waals surface area (Å²) in [6.45, 7) is 12.0. The molecule has 0 bridgehead atoms. The van der Waals surface area contributed by atoms with Crippen molar-refractivity contribution in [3.05, 3.63) is 35.9 Å². The van der Waals surface area contributed by atoms with Gasteiger partial charge in [0.1, 0.15) is 0 Å². The molecule has 5 nitrogen and oxygen atoms in total. The van der Waals surface area contributed by atoms with E-state index < -0.39 is 0 Å². The first-order valence-electron chi connectivity index (χ1n) is 9.71. The zero-order chi connectivity index (χ0) is 17.9. The Kier molecular flexibility index (Phi) is 11.9. The molecule has 6 heteroatoms. The quantitative estimate of drug-likeness (QED) is 0.346. The van der Waals surface area contributed by atoms with Gasteiger partial charge in [-0.15, -0.1) is 24.0 Å². The molecular weight excluding hydrogens is 437 g/mol. The maximum Gasteiger partial charge on any atom is 0.191 e. The van der Waals surface area contributed by atoms with Crippen LogP contribution in [0.3, 0.4) is 0 Å². The molecule has 1 aromatic rings. The Hall–Kier alpha value is -0.860. The van der Waals surface area contributed by atoms with Gasteiger partial charge in [-0.2, -0.15) is 0 Å². The Morgan fingerprint density at radius 2 is 1.81 bits per heavy atom. The molecule has 0 aliphatic carbocycles. The van der Waals surface area contributed by atoms with Crippen LogP contribution in [-0.4, -0.2) is 68.1 Å². The Bertz CT molecular complexity index is 496. The van der Waals surface area contributed by atoms with Crippen molar-refractivity contribution in [1.82, 2.24) is 20.4 Å². The largest absolute Gasteiger partial charge is 0.355 e. The predicted molar refractivity (Wildman–Crippen MR) is 122 cm³/mol. The molecule has 0 atom stereocenters. The fourth-order valence-corrected chi connectivity index (χ4v) is 3.34. The number of nitrogens with zero attached hydrogens (tertiary/aromatic N) is 3. The van der Waals surface area contributed by atoms with E-state index in [2.05, 4.69) is 69.6 Å². The van der Waals surface area contributed by atoms with Crippen molar-refractivity contribution in [2.45, 2.75) is 39.3 Å². The van der Waals surface area contributed by atoms with Crippen molar-refractivity contribution in [2.24, 2.45) is 4.99 Å². The van der Waals surface area contributed by atoms with Gasteiger partial charge in [0, 0.05) is 45.8 Å². The van der Waals surface area contributed by atoms with E-state index in [4.69, 9.17) is 0 Å². The second-order valence-electron chi connectivity index (χ2n) is 6.71.